The highest BCUT2D eigenvalue weighted by molar-refractivity contribution is 7.99. The van der Waals surface area contributed by atoms with E-state index < -0.39 is 0 Å². The molecule has 28 heavy (non-hydrogen) atoms. The number of amides is 1. The second-order valence-corrected chi connectivity index (χ2v) is 7.39. The number of ether oxygens (including phenoxy) is 1. The maximum atomic E-state index is 12.3. The summed E-state index contributed by atoms with van der Waals surface area (Å²) in [6.07, 6.45) is 0.661. The van der Waals surface area contributed by atoms with Gasteiger partial charge < -0.3 is 14.6 Å². The molecular weight excluding hydrogens is 396 g/mol. The molecule has 0 aliphatic rings. The fraction of sp³-hybridized carbons (Fsp3) is 0.250. The van der Waals surface area contributed by atoms with Crippen molar-refractivity contribution in [3.63, 3.8) is 0 Å². The van der Waals surface area contributed by atoms with Crippen LogP contribution in [0.3, 0.4) is 0 Å². The third kappa shape index (κ3) is 5.27. The van der Waals surface area contributed by atoms with Gasteiger partial charge in [-0.15, -0.1) is 10.2 Å². The summed E-state index contributed by atoms with van der Waals surface area (Å²) in [5, 5.41) is 12.9. The standard InChI is InChI=1S/C20H21ClN4O2S/c1-3-25-18(11-14-7-9-15(21)10-8-14)23-24-20(25)28-13-19(26)22-16-5-4-6-17(12-16)27-2/h4-10,12H,3,11,13H2,1-2H3,(H,22,26). The molecule has 1 N–H and O–H groups in total. The summed E-state index contributed by atoms with van der Waals surface area (Å²) in [5.41, 5.74) is 1.81. The number of benzene rings is 2. The molecular formula is C20H21ClN4O2S. The first-order valence-electron chi connectivity index (χ1n) is 8.82. The van der Waals surface area contributed by atoms with Crippen molar-refractivity contribution in [1.82, 2.24) is 14.8 Å². The Bertz CT molecular complexity index is 944. The van der Waals surface area contributed by atoms with Crippen LogP contribution in [-0.4, -0.2) is 33.5 Å². The third-order valence-corrected chi connectivity index (χ3v) is 5.29. The fourth-order valence-electron chi connectivity index (χ4n) is 2.69. The van der Waals surface area contributed by atoms with Crippen LogP contribution in [0, 0.1) is 0 Å². The van der Waals surface area contributed by atoms with E-state index in [-0.39, 0.29) is 11.7 Å². The molecule has 0 aliphatic carbocycles. The number of rotatable bonds is 8. The van der Waals surface area contributed by atoms with Gasteiger partial charge >= 0.3 is 0 Å². The number of nitrogens with one attached hydrogen (secondary N) is 1. The van der Waals surface area contributed by atoms with E-state index in [0.717, 1.165) is 23.1 Å². The summed E-state index contributed by atoms with van der Waals surface area (Å²) in [5.74, 6) is 1.70. The normalized spacial score (nSPS) is 10.7. The van der Waals surface area contributed by atoms with Gasteiger partial charge in [-0.1, -0.05) is 41.6 Å². The van der Waals surface area contributed by atoms with Gasteiger partial charge in [-0.05, 0) is 36.8 Å². The van der Waals surface area contributed by atoms with Crippen LogP contribution >= 0.6 is 23.4 Å². The van der Waals surface area contributed by atoms with Crippen LogP contribution in [0.1, 0.15) is 18.3 Å². The molecule has 0 spiro atoms. The zero-order chi connectivity index (χ0) is 19.9. The number of carbonyl (C=O) groups excluding carboxylic acids is 1. The number of nitrogens with zero attached hydrogens (tertiary/aromatic N) is 3. The van der Waals surface area contributed by atoms with E-state index in [1.807, 2.05) is 54.0 Å². The minimum Gasteiger partial charge on any atom is -0.497 e. The number of anilines is 1. The molecule has 2 aromatic carbocycles. The SMILES string of the molecule is CCn1c(Cc2ccc(Cl)cc2)nnc1SCC(=O)Nc1cccc(OC)c1. The lowest BCUT2D eigenvalue weighted by Gasteiger charge is -2.08. The van der Waals surface area contributed by atoms with E-state index in [1.54, 1.807) is 13.2 Å². The first-order chi connectivity index (χ1) is 13.6. The van der Waals surface area contributed by atoms with E-state index in [2.05, 4.69) is 15.5 Å². The number of halogens is 1. The van der Waals surface area contributed by atoms with Crippen LogP contribution in [-0.2, 0) is 17.8 Å². The van der Waals surface area contributed by atoms with Crippen LogP contribution in [0.2, 0.25) is 5.02 Å². The largest absolute Gasteiger partial charge is 0.497 e. The van der Waals surface area contributed by atoms with Crippen LogP contribution < -0.4 is 10.1 Å². The highest BCUT2D eigenvalue weighted by Gasteiger charge is 2.14. The summed E-state index contributed by atoms with van der Waals surface area (Å²) in [4.78, 5) is 12.3. The molecule has 8 heteroatoms. The molecule has 0 atom stereocenters. The first-order valence-corrected chi connectivity index (χ1v) is 10.2. The summed E-state index contributed by atoms with van der Waals surface area (Å²) in [6, 6.07) is 14.9. The second kappa shape index (κ2) is 9.61. The average Bonchev–Trinajstić information content (AvgIpc) is 3.09. The number of carbonyl (C=O) groups is 1. The average molecular weight is 417 g/mol. The van der Waals surface area contributed by atoms with Crippen molar-refractivity contribution in [2.24, 2.45) is 0 Å². The van der Waals surface area contributed by atoms with Crippen molar-refractivity contribution >= 4 is 35.0 Å². The van der Waals surface area contributed by atoms with E-state index in [1.165, 1.54) is 11.8 Å². The third-order valence-electron chi connectivity index (χ3n) is 4.07. The Balaban J connectivity index is 1.61. The molecule has 0 bridgehead atoms. The van der Waals surface area contributed by atoms with Gasteiger partial charge in [0.1, 0.15) is 11.6 Å². The lowest BCUT2D eigenvalue weighted by Crippen LogP contribution is -2.14. The van der Waals surface area contributed by atoms with Gasteiger partial charge in [0.15, 0.2) is 5.16 Å². The predicted molar refractivity (Wildman–Crippen MR) is 112 cm³/mol. The highest BCUT2D eigenvalue weighted by atomic mass is 35.5. The lowest BCUT2D eigenvalue weighted by atomic mass is 10.1. The van der Waals surface area contributed by atoms with Crippen molar-refractivity contribution in [3.8, 4) is 5.75 Å². The number of thioether (sulfide) groups is 1. The quantitative estimate of drug-likeness (QED) is 0.555. The fourth-order valence-corrected chi connectivity index (χ4v) is 3.63. The Labute approximate surface area is 173 Å². The van der Waals surface area contributed by atoms with Gasteiger partial charge in [0, 0.05) is 29.7 Å². The molecule has 0 fully saturated rings. The molecule has 3 aromatic rings. The zero-order valence-electron chi connectivity index (χ0n) is 15.7. The Morgan fingerprint density at radius 2 is 2.00 bits per heavy atom. The van der Waals surface area contributed by atoms with Crippen LogP contribution in [0.5, 0.6) is 5.75 Å². The molecule has 0 radical (unpaired) electrons. The molecule has 0 saturated heterocycles. The monoisotopic (exact) mass is 416 g/mol. The Morgan fingerprint density at radius 1 is 1.21 bits per heavy atom. The maximum absolute atomic E-state index is 12.3. The number of hydrogen-bond acceptors (Lipinski definition) is 5. The minimum absolute atomic E-state index is 0.108. The topological polar surface area (TPSA) is 69.0 Å². The predicted octanol–water partition coefficient (Wildman–Crippen LogP) is 4.28. The van der Waals surface area contributed by atoms with Crippen LogP contribution in [0.25, 0.3) is 0 Å². The van der Waals surface area contributed by atoms with Crippen molar-refractivity contribution in [2.75, 3.05) is 18.2 Å². The van der Waals surface area contributed by atoms with Gasteiger partial charge in [-0.3, -0.25) is 4.79 Å². The highest BCUT2D eigenvalue weighted by Crippen LogP contribution is 2.21. The van der Waals surface area contributed by atoms with Crippen LogP contribution in [0.15, 0.2) is 53.7 Å². The van der Waals surface area contributed by atoms with Gasteiger partial charge in [-0.25, -0.2) is 0 Å². The Hall–Kier alpha value is -2.51. The minimum atomic E-state index is -0.108. The van der Waals surface area contributed by atoms with E-state index >= 15 is 0 Å². The van der Waals surface area contributed by atoms with Crippen molar-refractivity contribution < 1.29 is 9.53 Å². The van der Waals surface area contributed by atoms with Gasteiger partial charge in [0.2, 0.25) is 5.91 Å². The maximum Gasteiger partial charge on any atom is 0.234 e. The van der Waals surface area contributed by atoms with Gasteiger partial charge in [-0.2, -0.15) is 0 Å². The molecule has 0 aliphatic heterocycles. The van der Waals surface area contributed by atoms with Gasteiger partial charge in [0.05, 0.1) is 12.9 Å². The molecule has 1 heterocycles. The zero-order valence-corrected chi connectivity index (χ0v) is 17.3. The smallest absolute Gasteiger partial charge is 0.234 e. The second-order valence-electron chi connectivity index (χ2n) is 6.02. The summed E-state index contributed by atoms with van der Waals surface area (Å²) < 4.78 is 7.19. The Morgan fingerprint density at radius 3 is 2.71 bits per heavy atom. The van der Waals surface area contributed by atoms with E-state index in [9.17, 15) is 4.79 Å². The molecule has 146 valence electrons. The van der Waals surface area contributed by atoms with Crippen molar-refractivity contribution in [3.05, 3.63) is 64.9 Å². The number of hydrogen-bond donors (Lipinski definition) is 1. The molecule has 1 amide bonds. The van der Waals surface area contributed by atoms with E-state index in [0.29, 0.717) is 22.9 Å². The molecule has 0 unspecified atom stereocenters. The van der Waals surface area contributed by atoms with E-state index in [4.69, 9.17) is 16.3 Å². The van der Waals surface area contributed by atoms with Gasteiger partial charge in [0.25, 0.3) is 0 Å². The lowest BCUT2D eigenvalue weighted by molar-refractivity contribution is -0.113. The molecule has 3 rings (SSSR count). The first kappa shape index (κ1) is 20.2. The number of methoxy groups -OCH3 is 1. The molecule has 0 saturated carbocycles. The molecule has 6 nitrogen and oxygen atoms in total. The molecule has 1 aromatic heterocycles. The summed E-state index contributed by atoms with van der Waals surface area (Å²) in [6.45, 7) is 2.77. The summed E-state index contributed by atoms with van der Waals surface area (Å²) >= 11 is 7.31. The van der Waals surface area contributed by atoms with Crippen molar-refractivity contribution in [1.29, 1.82) is 0 Å². The van der Waals surface area contributed by atoms with Crippen molar-refractivity contribution in [2.45, 2.75) is 25.0 Å². The Kier molecular flexibility index (Phi) is 6.95. The van der Waals surface area contributed by atoms with Crippen LogP contribution in [0.4, 0.5) is 5.69 Å². The summed E-state index contributed by atoms with van der Waals surface area (Å²) in [7, 11) is 1.59. The number of aromatic nitrogens is 3.